The first kappa shape index (κ1) is 22.4. The number of rotatable bonds is 7. The van der Waals surface area contributed by atoms with Crippen molar-refractivity contribution in [3.05, 3.63) is 47.0 Å². The van der Waals surface area contributed by atoms with Gasteiger partial charge < -0.3 is 19.0 Å². The van der Waals surface area contributed by atoms with Crippen molar-refractivity contribution in [3.63, 3.8) is 0 Å². The van der Waals surface area contributed by atoms with Crippen molar-refractivity contribution in [2.45, 2.75) is 44.8 Å². The minimum Gasteiger partial charge on any atom is -0.490 e. The number of pyridine rings is 1. The Morgan fingerprint density at radius 2 is 1.84 bits per heavy atom. The molecule has 1 aromatic carbocycles. The van der Waals surface area contributed by atoms with Crippen molar-refractivity contribution in [2.24, 2.45) is 7.05 Å². The van der Waals surface area contributed by atoms with E-state index in [0.717, 1.165) is 42.2 Å². The molecule has 1 aliphatic carbocycles. The fraction of sp³-hybridized carbons (Fsp3) is 0.435. The topological polar surface area (TPSA) is 102 Å². The van der Waals surface area contributed by atoms with E-state index in [1.165, 1.54) is 0 Å². The van der Waals surface area contributed by atoms with Gasteiger partial charge in [0.05, 0.1) is 18.0 Å². The number of benzene rings is 1. The Kier molecular flexibility index (Phi) is 6.30. The van der Waals surface area contributed by atoms with Gasteiger partial charge in [0.2, 0.25) is 10.0 Å². The molecule has 4 rings (SSSR count). The van der Waals surface area contributed by atoms with Crippen LogP contribution in [0.25, 0.3) is 22.0 Å². The number of aromatic nitrogens is 2. The molecule has 0 radical (unpaired) electrons. The molecule has 2 heterocycles. The van der Waals surface area contributed by atoms with Crippen LogP contribution in [-0.4, -0.2) is 43.0 Å². The molecule has 1 aliphatic rings. The lowest BCUT2D eigenvalue weighted by Gasteiger charge is -2.29. The molecule has 0 atom stereocenters. The summed E-state index contributed by atoms with van der Waals surface area (Å²) in [6, 6.07) is 7.14. The van der Waals surface area contributed by atoms with E-state index in [4.69, 9.17) is 9.47 Å². The van der Waals surface area contributed by atoms with Gasteiger partial charge in [-0.3, -0.25) is 9.52 Å². The number of hydrogen-bond acceptors (Lipinski definition) is 5. The van der Waals surface area contributed by atoms with E-state index in [1.807, 2.05) is 19.3 Å². The molecule has 0 amide bonds. The molecular formula is C23H29N3O5S. The maximum Gasteiger partial charge on any atom is 0.272 e. The normalized spacial score (nSPS) is 19.2. The maximum absolute atomic E-state index is 12.4. The van der Waals surface area contributed by atoms with Crippen LogP contribution in [0.3, 0.4) is 0 Å². The van der Waals surface area contributed by atoms with E-state index in [0.29, 0.717) is 17.0 Å². The summed E-state index contributed by atoms with van der Waals surface area (Å²) < 4.78 is 40.5. The van der Waals surface area contributed by atoms with Crippen LogP contribution >= 0.6 is 0 Å². The summed E-state index contributed by atoms with van der Waals surface area (Å²) in [7, 11) is 0.126. The molecular weight excluding hydrogens is 430 g/mol. The molecule has 1 fully saturated rings. The predicted octanol–water partition coefficient (Wildman–Crippen LogP) is 3.63. The summed E-state index contributed by atoms with van der Waals surface area (Å²) in [6.45, 7) is 1.59. The second-order valence-electron chi connectivity index (χ2n) is 8.19. The number of nitrogens with zero attached hydrogens (tertiary/aromatic N) is 1. The van der Waals surface area contributed by atoms with Gasteiger partial charge in [-0.05, 0) is 56.9 Å². The zero-order valence-electron chi connectivity index (χ0n) is 18.6. The molecule has 0 saturated heterocycles. The van der Waals surface area contributed by atoms with Crippen molar-refractivity contribution in [1.29, 1.82) is 0 Å². The molecule has 9 heteroatoms. The average molecular weight is 460 g/mol. The Balaban J connectivity index is 1.78. The minimum absolute atomic E-state index is 0.0209. The number of fused-ring (bicyclic) bond motifs is 1. The molecule has 172 valence electrons. The van der Waals surface area contributed by atoms with Crippen LogP contribution in [0.4, 0.5) is 5.69 Å². The molecule has 0 unspecified atom stereocenters. The molecule has 0 aliphatic heterocycles. The summed E-state index contributed by atoms with van der Waals surface area (Å²) in [5.74, 6) is 0.644. The lowest BCUT2D eigenvalue weighted by molar-refractivity contribution is 0.0329. The molecule has 0 spiro atoms. The number of nitrogens with one attached hydrogen (secondary N) is 2. The standard InChI is InChI=1S/C23H29N3O5S/c1-4-32(28,29)25-15-5-10-21(31-17-8-6-16(30-3)7-9-17)19(13-15)20-14-26(2)22-18(20)11-12-24-23(22)27/h5,10-14,16-17,25H,4,6-9H2,1-3H3,(H,24,27)/t16-,17+. The maximum atomic E-state index is 12.4. The van der Waals surface area contributed by atoms with E-state index in [-0.39, 0.29) is 23.5 Å². The van der Waals surface area contributed by atoms with Crippen LogP contribution in [0.15, 0.2) is 41.5 Å². The van der Waals surface area contributed by atoms with E-state index in [2.05, 4.69) is 9.71 Å². The van der Waals surface area contributed by atoms with Crippen LogP contribution in [0.1, 0.15) is 32.6 Å². The summed E-state index contributed by atoms with van der Waals surface area (Å²) in [4.78, 5) is 15.1. The van der Waals surface area contributed by atoms with Crippen LogP contribution < -0.4 is 15.0 Å². The zero-order valence-corrected chi connectivity index (χ0v) is 19.4. The Morgan fingerprint density at radius 3 is 2.53 bits per heavy atom. The Hall–Kier alpha value is -2.78. The molecule has 8 nitrogen and oxygen atoms in total. The molecule has 3 aromatic rings. The van der Waals surface area contributed by atoms with Gasteiger partial charge in [0.15, 0.2) is 0 Å². The highest BCUT2D eigenvalue weighted by atomic mass is 32.2. The van der Waals surface area contributed by atoms with Crippen molar-refractivity contribution in [3.8, 4) is 16.9 Å². The molecule has 1 saturated carbocycles. The summed E-state index contributed by atoms with van der Waals surface area (Å²) >= 11 is 0. The third-order valence-corrected chi connectivity index (χ3v) is 7.38. The van der Waals surface area contributed by atoms with Gasteiger partial charge >= 0.3 is 0 Å². The first-order valence-electron chi connectivity index (χ1n) is 10.8. The number of methoxy groups -OCH3 is 1. The first-order valence-corrected chi connectivity index (χ1v) is 12.5. The van der Waals surface area contributed by atoms with E-state index in [9.17, 15) is 13.2 Å². The lowest BCUT2D eigenvalue weighted by atomic mass is 9.94. The highest BCUT2D eigenvalue weighted by Gasteiger charge is 2.24. The quantitative estimate of drug-likeness (QED) is 0.562. The van der Waals surface area contributed by atoms with Crippen LogP contribution in [0.5, 0.6) is 5.75 Å². The van der Waals surface area contributed by atoms with Gasteiger partial charge in [0, 0.05) is 48.8 Å². The van der Waals surface area contributed by atoms with Crippen LogP contribution in [-0.2, 0) is 21.8 Å². The highest BCUT2D eigenvalue weighted by molar-refractivity contribution is 7.92. The van der Waals surface area contributed by atoms with Crippen molar-refractivity contribution < 1.29 is 17.9 Å². The number of ether oxygens (including phenoxy) is 2. The third-order valence-electron chi connectivity index (χ3n) is 6.07. The number of H-pyrrole nitrogens is 1. The lowest BCUT2D eigenvalue weighted by Crippen LogP contribution is -2.27. The van der Waals surface area contributed by atoms with Gasteiger partial charge in [-0.2, -0.15) is 0 Å². The number of aromatic amines is 1. The number of hydrogen-bond donors (Lipinski definition) is 2. The van der Waals surface area contributed by atoms with Crippen molar-refractivity contribution >= 4 is 26.6 Å². The number of anilines is 1. The van der Waals surface area contributed by atoms with Gasteiger partial charge in [0.1, 0.15) is 11.3 Å². The summed E-state index contributed by atoms with van der Waals surface area (Å²) in [6.07, 6.45) is 7.46. The molecule has 2 N–H and O–H groups in total. The molecule has 0 bridgehead atoms. The zero-order chi connectivity index (χ0) is 22.9. The molecule has 32 heavy (non-hydrogen) atoms. The highest BCUT2D eigenvalue weighted by Crippen LogP contribution is 2.39. The number of sulfonamides is 1. The second-order valence-corrected chi connectivity index (χ2v) is 10.2. The van der Waals surface area contributed by atoms with E-state index in [1.54, 1.807) is 43.0 Å². The Morgan fingerprint density at radius 1 is 1.12 bits per heavy atom. The SMILES string of the molecule is CCS(=O)(=O)Nc1ccc(O[C@H]2CC[C@@H](OC)CC2)c(-c2cn(C)c3c(=O)[nH]ccc23)c1. The largest absolute Gasteiger partial charge is 0.490 e. The van der Waals surface area contributed by atoms with E-state index >= 15 is 0 Å². The minimum atomic E-state index is -3.43. The fourth-order valence-corrected chi connectivity index (χ4v) is 4.93. The van der Waals surface area contributed by atoms with Gasteiger partial charge in [0.25, 0.3) is 5.56 Å². The second kappa shape index (κ2) is 8.99. The van der Waals surface area contributed by atoms with Gasteiger partial charge in [-0.1, -0.05) is 0 Å². The van der Waals surface area contributed by atoms with Gasteiger partial charge in [-0.15, -0.1) is 0 Å². The monoisotopic (exact) mass is 459 g/mol. The smallest absolute Gasteiger partial charge is 0.272 e. The van der Waals surface area contributed by atoms with E-state index < -0.39 is 10.0 Å². The fourth-order valence-electron chi connectivity index (χ4n) is 4.30. The summed E-state index contributed by atoms with van der Waals surface area (Å²) in [5, 5.41) is 0.777. The number of aryl methyl sites for hydroxylation is 1. The van der Waals surface area contributed by atoms with Crippen LogP contribution in [0.2, 0.25) is 0 Å². The Bertz CT molecular complexity index is 1270. The van der Waals surface area contributed by atoms with Crippen molar-refractivity contribution in [1.82, 2.24) is 9.55 Å². The molecule has 2 aromatic heterocycles. The predicted molar refractivity (Wildman–Crippen MR) is 126 cm³/mol. The Labute approximate surface area is 187 Å². The first-order chi connectivity index (χ1) is 15.3. The van der Waals surface area contributed by atoms with Crippen LogP contribution in [0, 0.1) is 0 Å². The third kappa shape index (κ3) is 4.54. The van der Waals surface area contributed by atoms with Gasteiger partial charge in [-0.25, -0.2) is 8.42 Å². The average Bonchev–Trinajstić information content (AvgIpc) is 3.12. The van der Waals surface area contributed by atoms with Crippen molar-refractivity contribution in [2.75, 3.05) is 17.6 Å². The summed E-state index contributed by atoms with van der Waals surface area (Å²) in [5.41, 5.74) is 2.38.